The van der Waals surface area contributed by atoms with Crippen LogP contribution >= 0.6 is 22.6 Å². The van der Waals surface area contributed by atoms with Crippen molar-refractivity contribution in [3.05, 3.63) is 94.1 Å². The molecule has 324 valence electrons. The number of benzene rings is 2. The lowest BCUT2D eigenvalue weighted by Crippen LogP contribution is -2.47. The van der Waals surface area contributed by atoms with Crippen LogP contribution in [0.25, 0.3) is 22.5 Å². The Balaban J connectivity index is 1.34. The summed E-state index contributed by atoms with van der Waals surface area (Å²) in [5, 5.41) is 9.72. The summed E-state index contributed by atoms with van der Waals surface area (Å²) in [6.07, 6.45) is 8.31. The number of halogens is 1. The van der Waals surface area contributed by atoms with Crippen molar-refractivity contribution in [1.29, 1.82) is 0 Å². The molecule has 0 spiro atoms. The summed E-state index contributed by atoms with van der Waals surface area (Å²) in [5.41, 5.74) is 4.55. The van der Waals surface area contributed by atoms with Crippen molar-refractivity contribution in [3.8, 4) is 16.8 Å². The fraction of sp³-hybridized carbons (Fsp3) is 0.511. The summed E-state index contributed by atoms with van der Waals surface area (Å²) in [6.45, 7) is 17.4. The molecule has 3 aromatic heterocycles. The number of ether oxygens (including phenoxy) is 5. The van der Waals surface area contributed by atoms with E-state index in [9.17, 15) is 4.79 Å². The van der Waals surface area contributed by atoms with Gasteiger partial charge in [0.1, 0.15) is 25.7 Å². The summed E-state index contributed by atoms with van der Waals surface area (Å²) >= 11 is 2.45. The van der Waals surface area contributed by atoms with E-state index in [1.54, 1.807) is 7.11 Å². The van der Waals surface area contributed by atoms with Crippen molar-refractivity contribution in [3.63, 3.8) is 0 Å². The molecule has 3 heterocycles. The van der Waals surface area contributed by atoms with Crippen molar-refractivity contribution >= 4 is 56.0 Å². The van der Waals surface area contributed by atoms with Gasteiger partial charge in [0.25, 0.3) is 0 Å². The maximum atomic E-state index is 14.0. The Morgan fingerprint density at radius 2 is 1.47 bits per heavy atom. The second-order valence-corrected chi connectivity index (χ2v) is 30.5. The number of methoxy groups -OCH3 is 1. The van der Waals surface area contributed by atoms with E-state index in [0.717, 1.165) is 55.2 Å². The monoisotopic (exact) mass is 966 g/mol. The van der Waals surface area contributed by atoms with Crippen LogP contribution in [-0.4, -0.2) is 106 Å². The van der Waals surface area contributed by atoms with Gasteiger partial charge in [-0.3, -0.25) is 4.79 Å². The third-order valence-corrected chi connectivity index (χ3v) is 15.4. The number of hydrogen-bond acceptors (Lipinski definition) is 10. The Labute approximate surface area is 371 Å². The molecule has 1 fully saturated rings. The van der Waals surface area contributed by atoms with E-state index >= 15 is 0 Å². The molecule has 6 rings (SSSR count). The zero-order valence-corrected chi connectivity index (χ0v) is 40.7. The highest BCUT2D eigenvalue weighted by atomic mass is 127. The number of hydrogen-bond donors (Lipinski definition) is 0. The van der Waals surface area contributed by atoms with Gasteiger partial charge in [-0.25, -0.2) is 9.67 Å². The van der Waals surface area contributed by atoms with E-state index in [0.29, 0.717) is 72.2 Å². The number of nitrogens with zero attached hydrogens (tertiary/aromatic N) is 6. The SMILES string of the molecule is COCCOC1(C(=O)COCc2ccccc2)CCC(c2nc3c(-c4cnn(-c5ccccc5)c4)cnn3c(N(COCC[Si](C)(C)C)COCC[Si](C)(C)C)c2I)CC1. The van der Waals surface area contributed by atoms with Crippen LogP contribution in [-0.2, 0) is 35.1 Å². The van der Waals surface area contributed by atoms with Crippen molar-refractivity contribution < 1.29 is 28.5 Å². The first-order valence-corrected chi connectivity index (χ1v) is 29.6. The van der Waals surface area contributed by atoms with E-state index in [1.807, 2.05) is 88.5 Å². The second-order valence-electron chi connectivity index (χ2n) is 18.2. The lowest BCUT2D eigenvalue weighted by Gasteiger charge is -2.39. The summed E-state index contributed by atoms with van der Waals surface area (Å²) in [4.78, 5) is 21.7. The average Bonchev–Trinajstić information content (AvgIpc) is 3.88. The van der Waals surface area contributed by atoms with Crippen molar-refractivity contribution in [2.45, 2.75) is 95.2 Å². The Hall–Kier alpha value is -3.30. The number of fused-ring (bicyclic) bond motifs is 1. The maximum Gasteiger partial charge on any atom is 0.190 e. The smallest absolute Gasteiger partial charge is 0.190 e. The fourth-order valence-electron chi connectivity index (χ4n) is 7.32. The second kappa shape index (κ2) is 21.2. The normalized spacial score (nSPS) is 17.4. The Bertz CT molecular complexity index is 2090. The van der Waals surface area contributed by atoms with E-state index in [1.165, 1.54) is 0 Å². The molecule has 2 aromatic carbocycles. The zero-order valence-electron chi connectivity index (χ0n) is 36.5. The Morgan fingerprint density at radius 3 is 2.08 bits per heavy atom. The van der Waals surface area contributed by atoms with Gasteiger partial charge in [-0.2, -0.15) is 14.7 Å². The van der Waals surface area contributed by atoms with Crippen LogP contribution in [0, 0.1) is 3.57 Å². The van der Waals surface area contributed by atoms with Crippen LogP contribution in [0.4, 0.5) is 5.82 Å². The lowest BCUT2D eigenvalue weighted by atomic mass is 9.75. The number of para-hydroxylation sites is 1. The number of aromatic nitrogens is 5. The minimum atomic E-state index is -1.31. The number of rotatable bonds is 23. The van der Waals surface area contributed by atoms with E-state index in [2.05, 4.69) is 66.8 Å². The molecule has 1 aliphatic rings. The molecule has 12 nitrogen and oxygen atoms in total. The van der Waals surface area contributed by atoms with Crippen LogP contribution in [0.1, 0.15) is 42.9 Å². The van der Waals surface area contributed by atoms with Crippen LogP contribution in [0.3, 0.4) is 0 Å². The Kier molecular flexibility index (Phi) is 16.3. The summed E-state index contributed by atoms with van der Waals surface area (Å²) < 4.78 is 35.5. The predicted molar refractivity (Wildman–Crippen MR) is 252 cm³/mol. The number of carbonyl (C=O) groups excluding carboxylic acids is 1. The minimum Gasteiger partial charge on any atom is -0.382 e. The molecule has 60 heavy (non-hydrogen) atoms. The molecule has 0 radical (unpaired) electrons. The van der Waals surface area contributed by atoms with Gasteiger partial charge in [-0.1, -0.05) is 87.8 Å². The third-order valence-electron chi connectivity index (χ3n) is 11.0. The summed E-state index contributed by atoms with van der Waals surface area (Å²) in [7, 11) is -0.981. The van der Waals surface area contributed by atoms with Crippen LogP contribution in [0.2, 0.25) is 51.4 Å². The van der Waals surface area contributed by atoms with E-state index in [4.69, 9.17) is 38.9 Å². The molecular formula is C45H63IN6O6Si2. The quantitative estimate of drug-likeness (QED) is 0.0272. The first-order chi connectivity index (χ1) is 28.8. The van der Waals surface area contributed by atoms with Crippen molar-refractivity contribution in [2.24, 2.45) is 0 Å². The summed E-state index contributed by atoms with van der Waals surface area (Å²) in [5.74, 6) is 0.921. The first-order valence-electron chi connectivity index (χ1n) is 21.1. The van der Waals surface area contributed by atoms with Gasteiger partial charge in [-0.05, 0) is 78.1 Å². The van der Waals surface area contributed by atoms with Gasteiger partial charge in [0.05, 0.1) is 47.2 Å². The molecule has 1 aliphatic carbocycles. The van der Waals surface area contributed by atoms with Gasteiger partial charge in [0, 0.05) is 59.7 Å². The maximum absolute atomic E-state index is 14.0. The molecular weight excluding hydrogens is 904 g/mol. The number of anilines is 1. The molecule has 0 atom stereocenters. The van der Waals surface area contributed by atoms with Crippen molar-refractivity contribution in [2.75, 3.05) is 58.5 Å². The zero-order chi connectivity index (χ0) is 42.8. The first kappa shape index (κ1) is 46.2. The highest BCUT2D eigenvalue weighted by Crippen LogP contribution is 2.44. The molecule has 5 aromatic rings. The van der Waals surface area contributed by atoms with Gasteiger partial charge in [0.2, 0.25) is 0 Å². The number of carbonyl (C=O) groups is 1. The predicted octanol–water partition coefficient (Wildman–Crippen LogP) is 9.46. The topological polar surface area (TPSA) is 114 Å². The summed E-state index contributed by atoms with van der Waals surface area (Å²) in [6, 6.07) is 22.1. The van der Waals surface area contributed by atoms with E-state index in [-0.39, 0.29) is 18.3 Å². The number of Topliss-reactive ketones (excluding diaryl/α,β-unsaturated/α-hetero) is 1. The van der Waals surface area contributed by atoms with E-state index < -0.39 is 21.7 Å². The van der Waals surface area contributed by atoms with Gasteiger partial charge < -0.3 is 28.6 Å². The molecule has 0 unspecified atom stereocenters. The average molecular weight is 967 g/mol. The van der Waals surface area contributed by atoms with Crippen LogP contribution in [0.15, 0.2) is 79.3 Å². The van der Waals surface area contributed by atoms with Crippen LogP contribution in [0.5, 0.6) is 0 Å². The molecule has 0 saturated heterocycles. The fourth-order valence-corrected chi connectivity index (χ4v) is 9.96. The molecule has 0 N–H and O–H groups in total. The third kappa shape index (κ3) is 12.4. The highest BCUT2D eigenvalue weighted by molar-refractivity contribution is 14.1. The molecule has 0 bridgehead atoms. The van der Waals surface area contributed by atoms with Crippen molar-refractivity contribution in [1.82, 2.24) is 24.4 Å². The Morgan fingerprint density at radius 1 is 0.833 bits per heavy atom. The largest absolute Gasteiger partial charge is 0.382 e. The number of ketones is 1. The lowest BCUT2D eigenvalue weighted by molar-refractivity contribution is -0.157. The molecule has 15 heteroatoms. The van der Waals surface area contributed by atoms with Gasteiger partial charge >= 0.3 is 0 Å². The highest BCUT2D eigenvalue weighted by Gasteiger charge is 2.44. The standard InChI is InChI=1S/C45H63IN6O6Si2/c1-54-22-23-58-45(40(53)32-57-31-35-14-10-8-11-15-35)20-18-36(19-21-45)42-41(46)44(50(33-55-24-26-59(2,3)4)34-56-25-27-60(5,6)7)52-43(49-42)39(29-48-52)37-28-47-51(30-37)38-16-12-9-13-17-38/h8-17,28-30,36H,18-27,31-34H2,1-7H3. The van der Waals surface area contributed by atoms with Gasteiger partial charge in [-0.15, -0.1) is 0 Å². The molecule has 0 aliphatic heterocycles. The molecule has 0 amide bonds. The molecule has 1 saturated carbocycles. The van der Waals surface area contributed by atoms with Crippen LogP contribution < -0.4 is 4.90 Å². The minimum absolute atomic E-state index is 0.0152. The van der Waals surface area contributed by atoms with Gasteiger partial charge in [0.15, 0.2) is 17.2 Å².